The van der Waals surface area contributed by atoms with Crippen LogP contribution in [-0.4, -0.2) is 36.3 Å². The summed E-state index contributed by atoms with van der Waals surface area (Å²) in [6.07, 6.45) is 2.66. The summed E-state index contributed by atoms with van der Waals surface area (Å²) in [6.45, 7) is 0.335. The minimum absolute atomic E-state index is 0.335. The third-order valence-electron chi connectivity index (χ3n) is 3.46. The summed E-state index contributed by atoms with van der Waals surface area (Å²) >= 11 is 0. The normalized spacial score (nSPS) is 11.6. The van der Waals surface area contributed by atoms with Gasteiger partial charge in [-0.3, -0.25) is 4.31 Å². The number of benzene rings is 1. The molecule has 0 unspecified atom stereocenters. The summed E-state index contributed by atoms with van der Waals surface area (Å²) in [5, 5.41) is 4.15. The molecular weight excluding hydrogens is 316 g/mol. The highest BCUT2D eigenvalue weighted by atomic mass is 32.2. The summed E-state index contributed by atoms with van der Waals surface area (Å²) in [5.41, 5.74) is 2.21. The zero-order chi connectivity index (χ0) is 16.4. The lowest BCUT2D eigenvalue weighted by Gasteiger charge is -2.16. The minimum Gasteiger partial charge on any atom is -0.487 e. The standard InChI is InChI=1S/C15H16N4O3S/c1-18(23(2,20)21)12-6-8-14(9-7-12)22-10-13-4-3-5-15-16-11-17-19(13)15/h3-9,11H,10H2,1-2H3. The summed E-state index contributed by atoms with van der Waals surface area (Å²) in [5.74, 6) is 0.646. The van der Waals surface area contributed by atoms with Gasteiger partial charge >= 0.3 is 0 Å². The van der Waals surface area contributed by atoms with E-state index in [9.17, 15) is 8.42 Å². The van der Waals surface area contributed by atoms with Crippen LogP contribution in [0.1, 0.15) is 5.69 Å². The Morgan fingerprint density at radius 2 is 1.91 bits per heavy atom. The Kier molecular flexibility index (Phi) is 3.91. The number of ether oxygens (including phenoxy) is 1. The average Bonchev–Trinajstić information content (AvgIpc) is 3.01. The molecular formula is C15H16N4O3S. The van der Waals surface area contributed by atoms with E-state index < -0.39 is 10.0 Å². The van der Waals surface area contributed by atoms with Gasteiger partial charge in [0.1, 0.15) is 18.7 Å². The smallest absolute Gasteiger partial charge is 0.231 e. The lowest BCUT2D eigenvalue weighted by atomic mass is 10.3. The monoisotopic (exact) mass is 332 g/mol. The third-order valence-corrected chi connectivity index (χ3v) is 4.67. The number of sulfonamides is 1. The van der Waals surface area contributed by atoms with Gasteiger partial charge < -0.3 is 4.74 Å². The van der Waals surface area contributed by atoms with Crippen LogP contribution < -0.4 is 9.04 Å². The Labute approximate surface area is 134 Å². The molecule has 2 heterocycles. The first-order chi connectivity index (χ1) is 10.9. The molecule has 3 rings (SSSR count). The van der Waals surface area contributed by atoms with E-state index in [4.69, 9.17) is 4.74 Å². The summed E-state index contributed by atoms with van der Waals surface area (Å²) in [7, 11) is -1.76. The lowest BCUT2D eigenvalue weighted by molar-refractivity contribution is 0.298. The predicted molar refractivity (Wildman–Crippen MR) is 87.0 cm³/mol. The van der Waals surface area contributed by atoms with Crippen molar-refractivity contribution in [1.82, 2.24) is 14.6 Å². The summed E-state index contributed by atoms with van der Waals surface area (Å²) in [6, 6.07) is 12.5. The van der Waals surface area contributed by atoms with Crippen molar-refractivity contribution in [1.29, 1.82) is 0 Å². The summed E-state index contributed by atoms with van der Waals surface area (Å²) < 4.78 is 31.7. The Bertz CT molecular complexity index is 919. The Morgan fingerprint density at radius 3 is 2.61 bits per heavy atom. The maximum absolute atomic E-state index is 11.5. The molecule has 0 saturated carbocycles. The van der Waals surface area contributed by atoms with Gasteiger partial charge in [0.05, 0.1) is 17.6 Å². The number of rotatable bonds is 5. The second-order valence-corrected chi connectivity index (χ2v) is 7.07. The molecule has 0 amide bonds. The average molecular weight is 332 g/mol. The number of anilines is 1. The second kappa shape index (κ2) is 5.88. The molecule has 8 heteroatoms. The van der Waals surface area contributed by atoms with Crippen molar-refractivity contribution >= 4 is 21.4 Å². The van der Waals surface area contributed by atoms with Gasteiger partial charge in [-0.2, -0.15) is 5.10 Å². The van der Waals surface area contributed by atoms with E-state index in [2.05, 4.69) is 10.1 Å². The van der Waals surface area contributed by atoms with Crippen LogP contribution in [0.2, 0.25) is 0 Å². The maximum atomic E-state index is 11.5. The van der Waals surface area contributed by atoms with Gasteiger partial charge in [0, 0.05) is 7.05 Å². The van der Waals surface area contributed by atoms with Crippen molar-refractivity contribution in [2.45, 2.75) is 6.61 Å². The molecule has 7 nitrogen and oxygen atoms in total. The molecule has 0 N–H and O–H groups in total. The van der Waals surface area contributed by atoms with E-state index >= 15 is 0 Å². The fourth-order valence-corrected chi connectivity index (χ4v) is 2.62. The number of fused-ring (bicyclic) bond motifs is 1. The van der Waals surface area contributed by atoms with Crippen molar-refractivity contribution in [2.24, 2.45) is 0 Å². The molecule has 1 aromatic carbocycles. The highest BCUT2D eigenvalue weighted by Gasteiger charge is 2.11. The molecule has 0 aliphatic carbocycles. The minimum atomic E-state index is -3.27. The van der Waals surface area contributed by atoms with E-state index in [0.717, 1.165) is 17.6 Å². The van der Waals surface area contributed by atoms with Crippen LogP contribution >= 0.6 is 0 Å². The van der Waals surface area contributed by atoms with E-state index in [1.165, 1.54) is 17.7 Å². The van der Waals surface area contributed by atoms with Crippen molar-refractivity contribution in [2.75, 3.05) is 17.6 Å². The van der Waals surface area contributed by atoms with E-state index in [1.807, 2.05) is 18.2 Å². The molecule has 0 bridgehead atoms. The number of aromatic nitrogens is 3. The van der Waals surface area contributed by atoms with Gasteiger partial charge in [-0.25, -0.2) is 17.9 Å². The molecule has 120 valence electrons. The molecule has 0 saturated heterocycles. The number of pyridine rings is 1. The zero-order valence-electron chi connectivity index (χ0n) is 12.7. The van der Waals surface area contributed by atoms with Crippen LogP contribution in [0.4, 0.5) is 5.69 Å². The van der Waals surface area contributed by atoms with Gasteiger partial charge in [-0.1, -0.05) is 6.07 Å². The number of nitrogens with zero attached hydrogens (tertiary/aromatic N) is 4. The second-order valence-electron chi connectivity index (χ2n) is 5.06. The van der Waals surface area contributed by atoms with Crippen LogP contribution in [0.15, 0.2) is 48.8 Å². The first-order valence-corrected chi connectivity index (χ1v) is 8.74. The molecule has 0 aliphatic rings. The van der Waals surface area contributed by atoms with Crippen molar-refractivity contribution in [3.63, 3.8) is 0 Å². The summed E-state index contributed by atoms with van der Waals surface area (Å²) in [4.78, 5) is 4.12. The first-order valence-electron chi connectivity index (χ1n) is 6.89. The van der Waals surface area contributed by atoms with Crippen molar-refractivity contribution in [3.05, 3.63) is 54.5 Å². The van der Waals surface area contributed by atoms with E-state index in [-0.39, 0.29) is 0 Å². The zero-order valence-corrected chi connectivity index (χ0v) is 13.6. The van der Waals surface area contributed by atoms with Gasteiger partial charge in [-0.05, 0) is 36.4 Å². The van der Waals surface area contributed by atoms with Crippen molar-refractivity contribution in [3.8, 4) is 5.75 Å². The van der Waals surface area contributed by atoms with Gasteiger partial charge in [-0.15, -0.1) is 0 Å². The van der Waals surface area contributed by atoms with Crippen LogP contribution in [0.25, 0.3) is 5.65 Å². The van der Waals surface area contributed by atoms with Crippen LogP contribution in [0, 0.1) is 0 Å². The molecule has 23 heavy (non-hydrogen) atoms. The Morgan fingerprint density at radius 1 is 1.17 bits per heavy atom. The molecule has 0 aliphatic heterocycles. The molecule has 0 radical (unpaired) electrons. The quantitative estimate of drug-likeness (QED) is 0.711. The number of hydrogen-bond donors (Lipinski definition) is 0. The van der Waals surface area contributed by atoms with Gasteiger partial charge in [0.15, 0.2) is 5.65 Å². The van der Waals surface area contributed by atoms with Gasteiger partial charge in [0.2, 0.25) is 10.0 Å². The van der Waals surface area contributed by atoms with E-state index in [1.54, 1.807) is 28.8 Å². The fourth-order valence-electron chi connectivity index (χ4n) is 2.11. The highest BCUT2D eigenvalue weighted by molar-refractivity contribution is 7.92. The largest absolute Gasteiger partial charge is 0.487 e. The molecule has 0 spiro atoms. The van der Waals surface area contributed by atoms with Crippen LogP contribution in [0.3, 0.4) is 0 Å². The fraction of sp³-hybridized carbons (Fsp3) is 0.200. The predicted octanol–water partition coefficient (Wildman–Crippen LogP) is 1.70. The highest BCUT2D eigenvalue weighted by Crippen LogP contribution is 2.21. The molecule has 2 aromatic heterocycles. The van der Waals surface area contributed by atoms with Crippen LogP contribution in [-0.2, 0) is 16.6 Å². The molecule has 3 aromatic rings. The van der Waals surface area contributed by atoms with Gasteiger partial charge in [0.25, 0.3) is 0 Å². The molecule has 0 fully saturated rings. The SMILES string of the molecule is CN(c1ccc(OCc2cccc3ncnn23)cc1)S(C)(=O)=O. The van der Waals surface area contributed by atoms with E-state index in [0.29, 0.717) is 18.0 Å². The third kappa shape index (κ3) is 3.26. The Balaban J connectivity index is 1.73. The van der Waals surface area contributed by atoms with Crippen LogP contribution in [0.5, 0.6) is 5.75 Å². The number of hydrogen-bond acceptors (Lipinski definition) is 5. The lowest BCUT2D eigenvalue weighted by Crippen LogP contribution is -2.24. The molecule has 0 atom stereocenters. The Hall–Kier alpha value is -2.61. The van der Waals surface area contributed by atoms with Crippen molar-refractivity contribution < 1.29 is 13.2 Å². The maximum Gasteiger partial charge on any atom is 0.231 e. The topological polar surface area (TPSA) is 76.8 Å². The first kappa shape index (κ1) is 15.3.